The van der Waals surface area contributed by atoms with Gasteiger partial charge in [0, 0.05) is 49.6 Å². The van der Waals surface area contributed by atoms with Gasteiger partial charge in [0.05, 0.1) is 12.2 Å². The van der Waals surface area contributed by atoms with E-state index < -0.39 is 5.60 Å². The fourth-order valence-electron chi connectivity index (χ4n) is 4.83. The van der Waals surface area contributed by atoms with Gasteiger partial charge < -0.3 is 14.4 Å². The maximum absolute atomic E-state index is 12.1. The lowest BCUT2D eigenvalue weighted by Crippen LogP contribution is -2.34. The molecule has 2 aromatic carbocycles. The quantitative estimate of drug-likeness (QED) is 0.312. The summed E-state index contributed by atoms with van der Waals surface area (Å²) in [6, 6.07) is 15.9. The number of carbonyl (C=O) groups excluding carboxylic acids is 2. The smallest absolute Gasteiger partial charge is 0.338 e. The van der Waals surface area contributed by atoms with Crippen LogP contribution in [0.15, 0.2) is 60.9 Å². The van der Waals surface area contributed by atoms with E-state index in [9.17, 15) is 9.59 Å². The molecule has 0 spiro atoms. The van der Waals surface area contributed by atoms with Crippen LogP contribution < -0.4 is 4.90 Å². The normalized spacial score (nSPS) is 14.2. The molecule has 3 aromatic rings. The zero-order valence-corrected chi connectivity index (χ0v) is 23.5. The number of anilines is 1. The van der Waals surface area contributed by atoms with Crippen LogP contribution in [0.5, 0.6) is 0 Å². The Morgan fingerprint density at radius 1 is 0.974 bits per heavy atom. The number of piperidine rings is 1. The molecular formula is C32H39N3O4. The molecule has 2 heterocycles. The van der Waals surface area contributed by atoms with Crippen molar-refractivity contribution in [2.75, 3.05) is 24.6 Å². The van der Waals surface area contributed by atoms with E-state index in [1.165, 1.54) is 0 Å². The molecule has 0 atom stereocenters. The van der Waals surface area contributed by atoms with Crippen LogP contribution in [0.4, 0.5) is 5.69 Å². The van der Waals surface area contributed by atoms with E-state index in [0.29, 0.717) is 30.9 Å². The highest BCUT2D eigenvalue weighted by atomic mass is 16.6. The first kappa shape index (κ1) is 28.3. The number of hydrogen-bond acceptors (Lipinski definition) is 7. The highest BCUT2D eigenvalue weighted by Gasteiger charge is 2.21. The van der Waals surface area contributed by atoms with Crippen LogP contribution in [-0.2, 0) is 27.1 Å². The van der Waals surface area contributed by atoms with E-state index in [0.717, 1.165) is 60.6 Å². The molecule has 1 aliphatic rings. The number of carbonyl (C=O) groups is 2. The van der Waals surface area contributed by atoms with Crippen molar-refractivity contribution >= 4 is 17.6 Å². The van der Waals surface area contributed by atoms with E-state index in [1.54, 1.807) is 0 Å². The standard InChI is InChI=1S/C32H39N3O4/c1-5-38-31(37)25-10-12-28(13-11-25)35-17-15-24(16-18-35)20-29-33-21-27(22-34-29)26-8-6-7-23(19-26)9-14-30(36)39-32(2,3)4/h6-8,10-13,19,21-22,24H,5,9,14-18,20H2,1-4H3. The molecule has 0 saturated carbocycles. The Bertz CT molecular complexity index is 1240. The van der Waals surface area contributed by atoms with Crippen molar-refractivity contribution in [1.29, 1.82) is 0 Å². The first-order valence-electron chi connectivity index (χ1n) is 13.8. The third-order valence-electron chi connectivity index (χ3n) is 6.83. The average molecular weight is 530 g/mol. The summed E-state index contributed by atoms with van der Waals surface area (Å²) in [5.41, 5.74) is 4.36. The largest absolute Gasteiger partial charge is 0.462 e. The average Bonchev–Trinajstić information content (AvgIpc) is 2.92. The second kappa shape index (κ2) is 12.9. The van der Waals surface area contributed by atoms with Gasteiger partial charge in [-0.05, 0) is 88.3 Å². The molecule has 0 aliphatic carbocycles. The second-order valence-corrected chi connectivity index (χ2v) is 11.1. The summed E-state index contributed by atoms with van der Waals surface area (Å²) < 4.78 is 10.5. The fourth-order valence-corrected chi connectivity index (χ4v) is 4.83. The molecule has 7 nitrogen and oxygen atoms in total. The summed E-state index contributed by atoms with van der Waals surface area (Å²) in [6.45, 7) is 9.78. The van der Waals surface area contributed by atoms with Crippen LogP contribution in [0.3, 0.4) is 0 Å². The Morgan fingerprint density at radius 2 is 1.67 bits per heavy atom. The number of aromatic nitrogens is 2. The lowest BCUT2D eigenvalue weighted by Gasteiger charge is -2.33. The molecule has 0 N–H and O–H groups in total. The SMILES string of the molecule is CCOC(=O)c1ccc(N2CCC(Cc3ncc(-c4cccc(CCC(=O)OC(C)(C)C)c4)cn3)CC2)cc1. The number of rotatable bonds is 9. The van der Waals surface area contributed by atoms with Gasteiger partial charge in [0.25, 0.3) is 0 Å². The van der Waals surface area contributed by atoms with Gasteiger partial charge in [-0.2, -0.15) is 0 Å². The van der Waals surface area contributed by atoms with Gasteiger partial charge >= 0.3 is 11.9 Å². The van der Waals surface area contributed by atoms with Crippen molar-refractivity contribution in [3.05, 3.63) is 77.9 Å². The first-order valence-corrected chi connectivity index (χ1v) is 13.8. The molecule has 4 rings (SSSR count). The van der Waals surface area contributed by atoms with Crippen molar-refractivity contribution in [3.8, 4) is 11.1 Å². The van der Waals surface area contributed by atoms with Gasteiger partial charge in [-0.15, -0.1) is 0 Å². The number of aryl methyl sites for hydroxylation is 1. The zero-order chi connectivity index (χ0) is 27.8. The molecule has 1 aliphatic heterocycles. The predicted molar refractivity (Wildman–Crippen MR) is 153 cm³/mol. The maximum Gasteiger partial charge on any atom is 0.338 e. The molecule has 206 valence electrons. The van der Waals surface area contributed by atoms with Crippen LogP contribution in [0.25, 0.3) is 11.1 Å². The molecule has 0 radical (unpaired) electrons. The minimum atomic E-state index is -0.464. The Hall–Kier alpha value is -3.74. The predicted octanol–water partition coefficient (Wildman–Crippen LogP) is 6.05. The number of hydrogen-bond donors (Lipinski definition) is 0. The summed E-state index contributed by atoms with van der Waals surface area (Å²) in [4.78, 5) is 35.7. The fraction of sp³-hybridized carbons (Fsp3) is 0.438. The number of esters is 2. The third-order valence-corrected chi connectivity index (χ3v) is 6.83. The molecule has 0 amide bonds. The Morgan fingerprint density at radius 3 is 2.31 bits per heavy atom. The molecule has 1 aromatic heterocycles. The first-order chi connectivity index (χ1) is 18.7. The minimum Gasteiger partial charge on any atom is -0.462 e. The van der Waals surface area contributed by atoms with Gasteiger partial charge in [-0.25, -0.2) is 14.8 Å². The molecule has 1 saturated heterocycles. The highest BCUT2D eigenvalue weighted by Crippen LogP contribution is 2.26. The second-order valence-electron chi connectivity index (χ2n) is 11.1. The van der Waals surface area contributed by atoms with Crippen molar-refractivity contribution < 1.29 is 19.1 Å². The zero-order valence-electron chi connectivity index (χ0n) is 23.5. The minimum absolute atomic E-state index is 0.182. The van der Waals surface area contributed by atoms with E-state index in [4.69, 9.17) is 9.47 Å². The van der Waals surface area contributed by atoms with E-state index in [2.05, 4.69) is 20.9 Å². The number of ether oxygens (including phenoxy) is 2. The van der Waals surface area contributed by atoms with Crippen LogP contribution in [0, 0.1) is 5.92 Å². The summed E-state index contributed by atoms with van der Waals surface area (Å²) in [7, 11) is 0. The Labute approximate surface area is 231 Å². The van der Waals surface area contributed by atoms with Gasteiger partial charge in [0.2, 0.25) is 0 Å². The Kier molecular flexibility index (Phi) is 9.33. The Balaban J connectivity index is 1.27. The topological polar surface area (TPSA) is 81.6 Å². The molecule has 1 fully saturated rings. The van der Waals surface area contributed by atoms with Crippen LogP contribution in [0.2, 0.25) is 0 Å². The van der Waals surface area contributed by atoms with E-state index in [1.807, 2.05) is 82.6 Å². The van der Waals surface area contributed by atoms with Crippen LogP contribution >= 0.6 is 0 Å². The van der Waals surface area contributed by atoms with Crippen LogP contribution in [-0.4, -0.2) is 47.2 Å². The number of benzene rings is 2. The van der Waals surface area contributed by atoms with E-state index >= 15 is 0 Å². The summed E-state index contributed by atoms with van der Waals surface area (Å²) >= 11 is 0. The highest BCUT2D eigenvalue weighted by molar-refractivity contribution is 5.89. The monoisotopic (exact) mass is 529 g/mol. The van der Waals surface area contributed by atoms with Gasteiger partial charge in [-0.3, -0.25) is 4.79 Å². The molecule has 39 heavy (non-hydrogen) atoms. The molecule has 7 heteroatoms. The lowest BCUT2D eigenvalue weighted by atomic mass is 9.93. The van der Waals surface area contributed by atoms with Crippen molar-refractivity contribution in [2.45, 2.75) is 65.4 Å². The van der Waals surface area contributed by atoms with E-state index in [-0.39, 0.29) is 11.9 Å². The lowest BCUT2D eigenvalue weighted by molar-refractivity contribution is -0.154. The van der Waals surface area contributed by atoms with Gasteiger partial charge in [-0.1, -0.05) is 24.3 Å². The van der Waals surface area contributed by atoms with Crippen molar-refractivity contribution in [3.63, 3.8) is 0 Å². The third kappa shape index (κ3) is 8.37. The maximum atomic E-state index is 12.1. The number of nitrogens with zero attached hydrogens (tertiary/aromatic N) is 3. The molecular weight excluding hydrogens is 490 g/mol. The summed E-state index contributed by atoms with van der Waals surface area (Å²) in [5.74, 6) is 0.956. The van der Waals surface area contributed by atoms with Gasteiger partial charge in [0.1, 0.15) is 11.4 Å². The van der Waals surface area contributed by atoms with Crippen molar-refractivity contribution in [2.24, 2.45) is 5.92 Å². The summed E-state index contributed by atoms with van der Waals surface area (Å²) in [5, 5.41) is 0. The van der Waals surface area contributed by atoms with Crippen molar-refractivity contribution in [1.82, 2.24) is 9.97 Å². The molecule has 0 unspecified atom stereocenters. The molecule has 0 bridgehead atoms. The van der Waals surface area contributed by atoms with Crippen LogP contribution in [0.1, 0.15) is 68.7 Å². The summed E-state index contributed by atoms with van der Waals surface area (Å²) in [6.07, 6.45) is 7.80. The van der Waals surface area contributed by atoms with Gasteiger partial charge in [0.15, 0.2) is 0 Å².